The summed E-state index contributed by atoms with van der Waals surface area (Å²) in [5, 5.41) is 6.52. The number of alkyl halides is 3. The molecule has 7 nitrogen and oxygen atoms in total. The molecule has 0 saturated carbocycles. The Morgan fingerprint density at radius 2 is 2.15 bits per heavy atom. The van der Waals surface area contributed by atoms with Crippen LogP contribution in [0, 0.1) is 5.92 Å². The number of carbonyl (C=O) groups is 2. The largest absolute Gasteiger partial charge is 0.442 e. The maximum atomic E-state index is 13.4. The molecular formula is C16H17F3N4O3. The highest BCUT2D eigenvalue weighted by molar-refractivity contribution is 6.04. The lowest BCUT2D eigenvalue weighted by Gasteiger charge is -2.19. The molecule has 3 rings (SSSR count). The summed E-state index contributed by atoms with van der Waals surface area (Å²) in [5.41, 5.74) is 1.57. The number of carbonyl (C=O) groups excluding carboxylic acids is 2. The van der Waals surface area contributed by atoms with Crippen LogP contribution in [-0.4, -0.2) is 49.4 Å². The van der Waals surface area contributed by atoms with E-state index in [9.17, 15) is 22.8 Å². The molecule has 0 bridgehead atoms. The number of nitrogens with zero attached hydrogens (tertiary/aromatic N) is 2. The average molecular weight is 370 g/mol. The van der Waals surface area contributed by atoms with Gasteiger partial charge in [0.15, 0.2) is 0 Å². The zero-order valence-electron chi connectivity index (χ0n) is 13.9. The number of nitrogens with one attached hydrogen (secondary N) is 2. The first-order valence-corrected chi connectivity index (χ1v) is 7.93. The van der Waals surface area contributed by atoms with E-state index in [2.05, 4.69) is 15.8 Å². The second kappa shape index (κ2) is 6.85. The van der Waals surface area contributed by atoms with Crippen LogP contribution >= 0.6 is 0 Å². The molecule has 2 aliphatic heterocycles. The van der Waals surface area contributed by atoms with Gasteiger partial charge in [0.25, 0.3) is 0 Å². The fourth-order valence-electron chi connectivity index (χ4n) is 2.92. The normalized spacial score (nSPS) is 20.5. The summed E-state index contributed by atoms with van der Waals surface area (Å²) < 4.78 is 45.0. The van der Waals surface area contributed by atoms with Crippen molar-refractivity contribution in [1.82, 2.24) is 10.3 Å². The lowest BCUT2D eigenvalue weighted by molar-refractivity contribution is -0.137. The number of rotatable bonds is 4. The number of hydrazone groups is 1. The molecule has 2 amide bonds. The van der Waals surface area contributed by atoms with E-state index in [1.807, 2.05) is 0 Å². The lowest BCUT2D eigenvalue weighted by atomic mass is 10.0. The molecule has 1 unspecified atom stereocenters. The van der Waals surface area contributed by atoms with E-state index in [-0.39, 0.29) is 41.9 Å². The zero-order valence-corrected chi connectivity index (χ0v) is 13.9. The summed E-state index contributed by atoms with van der Waals surface area (Å²) in [6.07, 6.45) is -5.00. The molecule has 0 aliphatic carbocycles. The molecule has 0 radical (unpaired) electrons. The van der Waals surface area contributed by atoms with E-state index in [1.54, 1.807) is 11.9 Å². The molecule has 1 aromatic carbocycles. The number of anilines is 1. The predicted molar refractivity (Wildman–Crippen MR) is 86.7 cm³/mol. The third-order valence-corrected chi connectivity index (χ3v) is 4.28. The number of amides is 2. The lowest BCUT2D eigenvalue weighted by Crippen LogP contribution is -2.31. The van der Waals surface area contributed by atoms with Crippen molar-refractivity contribution in [2.75, 3.05) is 32.1 Å². The molecule has 1 aromatic rings. The Bertz CT molecular complexity index is 764. The quantitative estimate of drug-likeness (QED) is 0.850. The van der Waals surface area contributed by atoms with Crippen molar-refractivity contribution < 1.29 is 27.5 Å². The average Bonchev–Trinajstić information content (AvgIpc) is 2.91. The van der Waals surface area contributed by atoms with Crippen molar-refractivity contribution in [2.45, 2.75) is 12.6 Å². The van der Waals surface area contributed by atoms with Gasteiger partial charge in [0.05, 0.1) is 5.56 Å². The van der Waals surface area contributed by atoms with Crippen LogP contribution in [0.2, 0.25) is 0 Å². The highest BCUT2D eigenvalue weighted by atomic mass is 19.4. The minimum atomic E-state index is -4.57. The number of hydrogen-bond donors (Lipinski definition) is 2. The predicted octanol–water partition coefficient (Wildman–Crippen LogP) is 2.04. The zero-order chi connectivity index (χ0) is 18.9. The Hall–Kier alpha value is -2.78. The maximum Gasteiger partial charge on any atom is 0.428 e. The SMILES string of the molecule is CN1CC(CNc2ccc(C3=NNC(=O)OC3)cc2C(F)(F)F)CC1=O. The Morgan fingerprint density at radius 1 is 1.38 bits per heavy atom. The van der Waals surface area contributed by atoms with Gasteiger partial charge in [-0.2, -0.15) is 18.3 Å². The van der Waals surface area contributed by atoms with E-state index in [0.29, 0.717) is 13.0 Å². The number of cyclic esters (lactones) is 1. The Balaban J connectivity index is 1.79. The summed E-state index contributed by atoms with van der Waals surface area (Å²) in [6, 6.07) is 3.76. The van der Waals surface area contributed by atoms with E-state index < -0.39 is 17.8 Å². The van der Waals surface area contributed by atoms with Crippen molar-refractivity contribution in [3.63, 3.8) is 0 Å². The van der Waals surface area contributed by atoms with Gasteiger partial charge in [-0.15, -0.1) is 0 Å². The number of benzene rings is 1. The number of hydrogen-bond acceptors (Lipinski definition) is 5. The van der Waals surface area contributed by atoms with Gasteiger partial charge in [-0.05, 0) is 12.1 Å². The molecule has 140 valence electrons. The number of ether oxygens (including phenoxy) is 1. The van der Waals surface area contributed by atoms with Gasteiger partial charge >= 0.3 is 12.3 Å². The van der Waals surface area contributed by atoms with E-state index >= 15 is 0 Å². The van der Waals surface area contributed by atoms with Gasteiger partial charge in [0.2, 0.25) is 5.91 Å². The van der Waals surface area contributed by atoms with Crippen LogP contribution in [-0.2, 0) is 15.7 Å². The number of likely N-dealkylation sites (tertiary alicyclic amines) is 1. The highest BCUT2D eigenvalue weighted by Crippen LogP contribution is 2.36. The van der Waals surface area contributed by atoms with Crippen LogP contribution < -0.4 is 10.7 Å². The van der Waals surface area contributed by atoms with Crippen LogP contribution in [0.3, 0.4) is 0 Å². The molecule has 2 N–H and O–H groups in total. The Kier molecular flexibility index (Phi) is 4.75. The highest BCUT2D eigenvalue weighted by Gasteiger charge is 2.35. The molecule has 1 atom stereocenters. The first-order valence-electron chi connectivity index (χ1n) is 7.93. The minimum Gasteiger partial charge on any atom is -0.442 e. The van der Waals surface area contributed by atoms with Crippen molar-refractivity contribution in [2.24, 2.45) is 11.0 Å². The van der Waals surface area contributed by atoms with Gasteiger partial charge in [0.1, 0.15) is 12.3 Å². The molecule has 2 aliphatic rings. The van der Waals surface area contributed by atoms with Crippen LogP contribution in [0.15, 0.2) is 23.3 Å². The third-order valence-electron chi connectivity index (χ3n) is 4.28. The summed E-state index contributed by atoms with van der Waals surface area (Å²) in [6.45, 7) is 0.574. The van der Waals surface area contributed by atoms with Crippen LogP contribution in [0.5, 0.6) is 0 Å². The molecule has 0 aromatic heterocycles. The number of halogens is 3. The van der Waals surface area contributed by atoms with Crippen LogP contribution in [0.4, 0.5) is 23.7 Å². The topological polar surface area (TPSA) is 83.0 Å². The minimum absolute atomic E-state index is 0.0134. The summed E-state index contributed by atoms with van der Waals surface area (Å²) in [4.78, 5) is 24.0. The molecule has 1 fully saturated rings. The van der Waals surface area contributed by atoms with Crippen molar-refractivity contribution in [3.8, 4) is 0 Å². The second-order valence-corrected chi connectivity index (χ2v) is 6.23. The van der Waals surface area contributed by atoms with E-state index in [1.165, 1.54) is 12.1 Å². The first-order chi connectivity index (χ1) is 12.2. The Labute approximate surface area is 147 Å². The van der Waals surface area contributed by atoms with Gasteiger partial charge in [-0.25, -0.2) is 10.2 Å². The smallest absolute Gasteiger partial charge is 0.428 e. The van der Waals surface area contributed by atoms with Crippen molar-refractivity contribution in [3.05, 3.63) is 29.3 Å². The maximum absolute atomic E-state index is 13.4. The molecule has 0 spiro atoms. The van der Waals surface area contributed by atoms with Crippen LogP contribution in [0.1, 0.15) is 17.5 Å². The van der Waals surface area contributed by atoms with E-state index in [4.69, 9.17) is 4.74 Å². The summed E-state index contributed by atoms with van der Waals surface area (Å²) in [7, 11) is 1.67. The van der Waals surface area contributed by atoms with Gasteiger partial charge < -0.3 is 15.0 Å². The monoisotopic (exact) mass is 370 g/mol. The standard InChI is InChI=1S/C16H17F3N4O3/c1-23-7-9(4-14(23)24)6-20-12-3-2-10(5-11(12)16(17,18)19)13-8-26-15(25)22-21-13/h2-3,5,9,20H,4,6-8H2,1H3,(H,22,25). The van der Waals surface area contributed by atoms with Crippen molar-refractivity contribution >= 4 is 23.4 Å². The van der Waals surface area contributed by atoms with Gasteiger partial charge in [0, 0.05) is 43.7 Å². The fraction of sp³-hybridized carbons (Fsp3) is 0.438. The molecule has 10 heteroatoms. The molecule has 2 heterocycles. The Morgan fingerprint density at radius 3 is 2.73 bits per heavy atom. The van der Waals surface area contributed by atoms with Crippen LogP contribution in [0.25, 0.3) is 0 Å². The fourth-order valence-corrected chi connectivity index (χ4v) is 2.92. The summed E-state index contributed by atoms with van der Waals surface area (Å²) in [5.74, 6) is -0.0554. The summed E-state index contributed by atoms with van der Waals surface area (Å²) >= 11 is 0. The third kappa shape index (κ3) is 3.89. The first kappa shape index (κ1) is 18.0. The van der Waals surface area contributed by atoms with Crippen molar-refractivity contribution in [1.29, 1.82) is 0 Å². The molecular weight excluding hydrogens is 353 g/mol. The molecule has 26 heavy (non-hydrogen) atoms. The van der Waals surface area contributed by atoms with E-state index in [0.717, 1.165) is 6.07 Å². The molecule has 1 saturated heterocycles. The second-order valence-electron chi connectivity index (χ2n) is 6.23. The van der Waals surface area contributed by atoms with Gasteiger partial charge in [-0.1, -0.05) is 6.07 Å². The van der Waals surface area contributed by atoms with Gasteiger partial charge in [-0.3, -0.25) is 4.79 Å².